The lowest BCUT2D eigenvalue weighted by Gasteiger charge is -2.09. The number of fused-ring (bicyclic) bond motifs is 1. The van der Waals surface area contributed by atoms with E-state index in [-0.39, 0.29) is 27.4 Å². The first-order valence-corrected chi connectivity index (χ1v) is 7.38. The third-order valence-electron chi connectivity index (χ3n) is 2.66. The van der Waals surface area contributed by atoms with E-state index in [0.29, 0.717) is 10.2 Å². The molecule has 23 heavy (non-hydrogen) atoms. The van der Waals surface area contributed by atoms with E-state index in [9.17, 15) is 8.78 Å². The number of alkyl halides is 2. The van der Waals surface area contributed by atoms with Gasteiger partial charge >= 0.3 is 6.29 Å². The fraction of sp³-hybridized carbons (Fsp3) is 0.0909. The van der Waals surface area contributed by atoms with Crippen LogP contribution in [0.25, 0.3) is 5.57 Å². The number of tetrazole rings is 1. The van der Waals surface area contributed by atoms with Gasteiger partial charge in [0.15, 0.2) is 11.5 Å². The molecule has 0 radical (unpaired) electrons. The van der Waals surface area contributed by atoms with Gasteiger partial charge in [0.1, 0.15) is 11.6 Å². The molecule has 1 aromatic heterocycles. The van der Waals surface area contributed by atoms with Gasteiger partial charge in [-0.25, -0.2) is 0 Å². The van der Waals surface area contributed by atoms with Crippen molar-refractivity contribution in [3.63, 3.8) is 0 Å². The predicted molar refractivity (Wildman–Crippen MR) is 79.4 cm³/mol. The monoisotopic (exact) mass is 448 g/mol. The van der Waals surface area contributed by atoms with Crippen LogP contribution >= 0.6 is 31.9 Å². The number of allylic oxidation sites excluding steroid dienone is 1. The molecule has 0 fully saturated rings. The van der Waals surface area contributed by atoms with Crippen molar-refractivity contribution in [3.05, 3.63) is 27.0 Å². The first kappa shape index (κ1) is 15.6. The van der Waals surface area contributed by atoms with E-state index >= 15 is 0 Å². The van der Waals surface area contributed by atoms with Crippen LogP contribution in [0.3, 0.4) is 0 Å². The van der Waals surface area contributed by atoms with E-state index in [2.05, 4.69) is 67.3 Å². The Balaban J connectivity index is 1.95. The molecule has 8 nitrogen and oxygen atoms in total. The van der Waals surface area contributed by atoms with Crippen LogP contribution in [-0.4, -0.2) is 26.9 Å². The van der Waals surface area contributed by atoms with E-state index in [1.54, 1.807) is 0 Å². The number of nitrogens with zero attached hydrogens (tertiary/aromatic N) is 4. The minimum Gasteiger partial charge on any atom is -0.395 e. The Morgan fingerprint density at radius 3 is 2.87 bits per heavy atom. The summed E-state index contributed by atoms with van der Waals surface area (Å²) in [4.78, 5) is 0. The number of nitrogens with one attached hydrogen (secondary N) is 2. The Morgan fingerprint density at radius 2 is 2.22 bits per heavy atom. The molecule has 1 aliphatic heterocycles. The van der Waals surface area contributed by atoms with Gasteiger partial charge in [0.05, 0.1) is 10.2 Å². The van der Waals surface area contributed by atoms with Crippen LogP contribution in [0, 0.1) is 11.3 Å². The van der Waals surface area contributed by atoms with Crippen LogP contribution < -0.4 is 14.8 Å². The molecule has 118 valence electrons. The molecule has 2 aromatic rings. The van der Waals surface area contributed by atoms with Crippen molar-refractivity contribution in [1.82, 2.24) is 20.6 Å². The van der Waals surface area contributed by atoms with Gasteiger partial charge in [-0.3, -0.25) is 0 Å². The van der Waals surface area contributed by atoms with E-state index < -0.39 is 6.29 Å². The van der Waals surface area contributed by atoms with E-state index in [1.807, 2.05) is 6.07 Å². The number of rotatable bonds is 3. The first-order chi connectivity index (χ1) is 10.9. The number of aromatic amines is 1. The number of benzene rings is 1. The fourth-order valence-electron chi connectivity index (χ4n) is 1.72. The van der Waals surface area contributed by atoms with Crippen LogP contribution in [0.5, 0.6) is 11.5 Å². The largest absolute Gasteiger partial charge is 0.586 e. The van der Waals surface area contributed by atoms with Gasteiger partial charge in [-0.15, -0.1) is 19.0 Å². The van der Waals surface area contributed by atoms with E-state index in [0.717, 1.165) is 0 Å². The molecule has 2 heterocycles. The summed E-state index contributed by atoms with van der Waals surface area (Å²) in [5, 5.41) is 24.8. The number of H-pyrrole nitrogens is 1. The molecule has 2 N–H and O–H groups in total. The lowest BCUT2D eigenvalue weighted by atomic mass is 10.2. The maximum Gasteiger partial charge on any atom is 0.586 e. The minimum atomic E-state index is -3.73. The zero-order chi connectivity index (χ0) is 16.6. The van der Waals surface area contributed by atoms with Crippen molar-refractivity contribution in [1.29, 1.82) is 5.26 Å². The normalized spacial score (nSPS) is 15.3. The standard InChI is InChI=1S/C11H4Br2F2N6O2/c12-5-1-6-9(23-11(14,15)22-6)7(13)8(5)17-3-4(2-16)10-18-20-21-19-10/h1,3,17H,(H,18,19,20,21). The highest BCUT2D eigenvalue weighted by Gasteiger charge is 2.45. The van der Waals surface area contributed by atoms with Crippen molar-refractivity contribution in [2.75, 3.05) is 5.32 Å². The summed E-state index contributed by atoms with van der Waals surface area (Å²) < 4.78 is 35.7. The highest BCUT2D eigenvalue weighted by Crippen LogP contribution is 2.51. The molecule has 1 aromatic carbocycles. The predicted octanol–water partition coefficient (Wildman–Crippen LogP) is 3.02. The molecule has 0 saturated carbocycles. The summed E-state index contributed by atoms with van der Waals surface area (Å²) in [6.45, 7) is 0. The second-order valence-electron chi connectivity index (χ2n) is 4.09. The number of halogens is 4. The third kappa shape index (κ3) is 2.97. The smallest absolute Gasteiger partial charge is 0.395 e. The van der Waals surface area contributed by atoms with Crippen molar-refractivity contribution in [2.45, 2.75) is 6.29 Å². The molecule has 0 bridgehead atoms. The van der Waals surface area contributed by atoms with Gasteiger partial charge in [0.2, 0.25) is 5.82 Å². The molecule has 1 aliphatic rings. The number of nitriles is 1. The average molecular weight is 450 g/mol. The second-order valence-corrected chi connectivity index (χ2v) is 5.74. The molecule has 3 rings (SSSR count). The molecule has 0 amide bonds. The van der Waals surface area contributed by atoms with Crippen LogP contribution in [0.2, 0.25) is 0 Å². The molecule has 0 spiro atoms. The van der Waals surface area contributed by atoms with Crippen LogP contribution in [0.4, 0.5) is 14.5 Å². The molecule has 12 heteroatoms. The maximum atomic E-state index is 13.2. The Hall–Kier alpha value is -2.26. The quantitative estimate of drug-likeness (QED) is 0.693. The summed E-state index contributed by atoms with van der Waals surface area (Å²) in [5.74, 6) is -0.200. The van der Waals surface area contributed by atoms with Gasteiger partial charge in [-0.2, -0.15) is 10.5 Å². The number of aromatic nitrogens is 4. The van der Waals surface area contributed by atoms with Crippen molar-refractivity contribution < 1.29 is 18.3 Å². The van der Waals surface area contributed by atoms with E-state index in [1.165, 1.54) is 12.3 Å². The fourth-order valence-corrected chi connectivity index (χ4v) is 3.11. The highest BCUT2D eigenvalue weighted by atomic mass is 79.9. The number of anilines is 1. The summed E-state index contributed by atoms with van der Waals surface area (Å²) in [6.07, 6.45) is -2.43. The molecule has 0 unspecified atom stereocenters. The van der Waals surface area contributed by atoms with Crippen molar-refractivity contribution in [3.8, 4) is 17.6 Å². The van der Waals surface area contributed by atoms with Gasteiger partial charge < -0.3 is 14.8 Å². The van der Waals surface area contributed by atoms with Gasteiger partial charge in [0, 0.05) is 16.7 Å². The Labute approximate surface area is 143 Å². The van der Waals surface area contributed by atoms with Gasteiger partial charge in [-0.05, 0) is 37.1 Å². The average Bonchev–Trinajstić information content (AvgIpc) is 3.10. The summed E-state index contributed by atoms with van der Waals surface area (Å²) in [7, 11) is 0. The number of hydrogen-bond donors (Lipinski definition) is 2. The summed E-state index contributed by atoms with van der Waals surface area (Å²) in [5.41, 5.74) is 0.432. The molecular weight excluding hydrogens is 446 g/mol. The maximum absolute atomic E-state index is 13.2. The molecule has 0 atom stereocenters. The summed E-state index contributed by atoms with van der Waals surface area (Å²) in [6, 6.07) is 3.20. The zero-order valence-electron chi connectivity index (χ0n) is 10.8. The zero-order valence-corrected chi connectivity index (χ0v) is 13.9. The third-order valence-corrected chi connectivity index (χ3v) is 4.04. The molecule has 0 saturated heterocycles. The number of hydrogen-bond acceptors (Lipinski definition) is 7. The van der Waals surface area contributed by atoms with Crippen molar-refractivity contribution >= 4 is 43.1 Å². The Bertz CT molecular complexity index is 834. The first-order valence-electron chi connectivity index (χ1n) is 5.80. The lowest BCUT2D eigenvalue weighted by molar-refractivity contribution is -0.286. The Kier molecular flexibility index (Phi) is 3.90. The van der Waals surface area contributed by atoms with Gasteiger partial charge in [0.25, 0.3) is 0 Å². The highest BCUT2D eigenvalue weighted by molar-refractivity contribution is 9.11. The van der Waals surface area contributed by atoms with Crippen LogP contribution in [0.15, 0.2) is 21.2 Å². The minimum absolute atomic E-state index is 0.0829. The molecule has 0 aliphatic carbocycles. The summed E-state index contributed by atoms with van der Waals surface area (Å²) >= 11 is 6.39. The number of ether oxygens (including phenoxy) is 2. The van der Waals surface area contributed by atoms with Crippen LogP contribution in [-0.2, 0) is 0 Å². The topological polar surface area (TPSA) is 109 Å². The SMILES string of the molecule is N#CC(=CNc1c(Br)cc2c(c1Br)OC(F)(F)O2)c1nn[nH]n1. The second kappa shape index (κ2) is 5.74. The van der Waals surface area contributed by atoms with Crippen molar-refractivity contribution in [2.24, 2.45) is 0 Å². The lowest BCUT2D eigenvalue weighted by Crippen LogP contribution is -2.26. The van der Waals surface area contributed by atoms with Gasteiger partial charge in [-0.1, -0.05) is 0 Å². The molecular formula is C11H4Br2F2N6O2. The van der Waals surface area contributed by atoms with E-state index in [4.69, 9.17) is 5.26 Å². The Morgan fingerprint density at radius 1 is 1.43 bits per heavy atom. The van der Waals surface area contributed by atoms with Crippen LogP contribution in [0.1, 0.15) is 5.82 Å².